The van der Waals surface area contributed by atoms with Gasteiger partial charge in [-0.15, -0.1) is 0 Å². The van der Waals surface area contributed by atoms with Gasteiger partial charge in [-0.05, 0) is 6.07 Å². The molecule has 0 aliphatic carbocycles. The monoisotopic (exact) mass is 287 g/mol. The highest BCUT2D eigenvalue weighted by molar-refractivity contribution is 6.09. The van der Waals surface area contributed by atoms with Crippen molar-refractivity contribution in [1.29, 1.82) is 0 Å². The number of hydrogen-bond donors (Lipinski definition) is 2. The quantitative estimate of drug-likeness (QED) is 0.760. The van der Waals surface area contributed by atoms with Gasteiger partial charge in [0.15, 0.2) is 0 Å². The molecule has 2 aliphatic rings. The third-order valence-corrected chi connectivity index (χ3v) is 4.07. The number of nitrogens with one attached hydrogen (secondary N) is 2. The van der Waals surface area contributed by atoms with Crippen molar-refractivity contribution in [2.45, 2.75) is 25.8 Å². The molecule has 1 unspecified atom stereocenters. The molecule has 6 nitrogen and oxygen atoms in total. The van der Waals surface area contributed by atoms with E-state index in [1.165, 1.54) is 0 Å². The van der Waals surface area contributed by atoms with Gasteiger partial charge in [0.2, 0.25) is 5.91 Å². The summed E-state index contributed by atoms with van der Waals surface area (Å²) < 4.78 is 0. The maximum absolute atomic E-state index is 12.3. The lowest BCUT2D eigenvalue weighted by molar-refractivity contribution is -0.126. The Kier molecular flexibility index (Phi) is 2.97. The third-order valence-electron chi connectivity index (χ3n) is 4.07. The predicted octanol–water partition coefficient (Wildman–Crippen LogP) is 1.11. The van der Waals surface area contributed by atoms with E-state index < -0.39 is 11.6 Å². The van der Waals surface area contributed by atoms with Gasteiger partial charge >= 0.3 is 6.03 Å². The summed E-state index contributed by atoms with van der Waals surface area (Å²) in [6, 6.07) is 6.75. The van der Waals surface area contributed by atoms with Gasteiger partial charge in [-0.25, -0.2) is 4.79 Å². The Bertz CT molecular complexity index is 641. The molecular weight excluding hydrogens is 270 g/mol. The Morgan fingerprint density at radius 1 is 1.29 bits per heavy atom. The molecule has 4 amide bonds. The maximum Gasteiger partial charge on any atom is 0.322 e. The highest BCUT2D eigenvalue weighted by atomic mass is 16.2. The van der Waals surface area contributed by atoms with Crippen LogP contribution in [-0.4, -0.2) is 24.4 Å². The lowest BCUT2D eigenvalue weighted by atomic mass is 9.82. The molecule has 1 spiro atoms. The first-order valence-corrected chi connectivity index (χ1v) is 7.00. The normalized spacial score (nSPS) is 24.0. The van der Waals surface area contributed by atoms with E-state index in [0.29, 0.717) is 24.2 Å². The molecule has 1 aromatic carbocycles. The van der Waals surface area contributed by atoms with Crippen molar-refractivity contribution in [3.05, 3.63) is 29.8 Å². The molecule has 21 heavy (non-hydrogen) atoms. The van der Waals surface area contributed by atoms with E-state index in [1.54, 1.807) is 11.0 Å². The van der Waals surface area contributed by atoms with Gasteiger partial charge < -0.3 is 10.2 Å². The predicted molar refractivity (Wildman–Crippen MR) is 76.6 cm³/mol. The molecule has 0 bridgehead atoms. The fourth-order valence-electron chi connectivity index (χ4n) is 3.00. The minimum absolute atomic E-state index is 0.0158. The molecule has 0 saturated carbocycles. The SMILES string of the molecule is CC(C)C(=O)N1CCC2(NC(=O)NC2=O)c2ccccc21. The van der Waals surface area contributed by atoms with Crippen LogP contribution in [0.2, 0.25) is 0 Å². The summed E-state index contributed by atoms with van der Waals surface area (Å²) in [5, 5.41) is 5.02. The molecule has 1 aromatic rings. The van der Waals surface area contributed by atoms with Crippen molar-refractivity contribution in [1.82, 2.24) is 10.6 Å². The number of fused-ring (bicyclic) bond motifs is 2. The lowest BCUT2D eigenvalue weighted by Gasteiger charge is -2.39. The summed E-state index contributed by atoms with van der Waals surface area (Å²) in [7, 11) is 0. The second-order valence-electron chi connectivity index (χ2n) is 5.73. The number of para-hydroxylation sites is 1. The Morgan fingerprint density at radius 3 is 2.62 bits per heavy atom. The second kappa shape index (κ2) is 4.58. The number of nitrogens with zero attached hydrogens (tertiary/aromatic N) is 1. The molecule has 1 atom stereocenters. The topological polar surface area (TPSA) is 78.5 Å². The number of rotatable bonds is 1. The average Bonchev–Trinajstić information content (AvgIpc) is 2.74. The summed E-state index contributed by atoms with van der Waals surface area (Å²) in [4.78, 5) is 37.8. The zero-order valence-electron chi connectivity index (χ0n) is 12.0. The van der Waals surface area contributed by atoms with Gasteiger partial charge in [0.05, 0.1) is 0 Å². The minimum Gasteiger partial charge on any atom is -0.319 e. The first-order chi connectivity index (χ1) is 9.95. The van der Waals surface area contributed by atoms with Crippen molar-refractivity contribution in [3.8, 4) is 0 Å². The van der Waals surface area contributed by atoms with Crippen molar-refractivity contribution in [3.63, 3.8) is 0 Å². The van der Waals surface area contributed by atoms with Gasteiger partial charge in [-0.3, -0.25) is 14.9 Å². The average molecular weight is 287 g/mol. The molecule has 0 radical (unpaired) electrons. The summed E-state index contributed by atoms with van der Waals surface area (Å²) in [6.07, 6.45) is 0.375. The molecule has 2 N–H and O–H groups in total. The highest BCUT2D eigenvalue weighted by Gasteiger charge is 2.51. The highest BCUT2D eigenvalue weighted by Crippen LogP contribution is 2.40. The first kappa shape index (κ1) is 13.6. The van der Waals surface area contributed by atoms with Crippen LogP contribution in [0.4, 0.5) is 10.5 Å². The van der Waals surface area contributed by atoms with Crippen molar-refractivity contribution in [2.24, 2.45) is 5.92 Å². The van der Waals surface area contributed by atoms with Crippen LogP contribution in [0.3, 0.4) is 0 Å². The van der Waals surface area contributed by atoms with Crippen LogP contribution in [0.1, 0.15) is 25.8 Å². The maximum atomic E-state index is 12.3. The van der Waals surface area contributed by atoms with Gasteiger partial charge in [0.1, 0.15) is 5.54 Å². The lowest BCUT2D eigenvalue weighted by Crippen LogP contribution is -2.52. The smallest absolute Gasteiger partial charge is 0.319 e. The van der Waals surface area contributed by atoms with E-state index in [0.717, 1.165) is 0 Å². The standard InChI is InChI=1S/C15H17N3O3/c1-9(2)12(19)18-8-7-15(13(20)16-14(21)17-15)10-5-3-4-6-11(10)18/h3-6,9H,7-8H2,1-2H3,(H2,16,17,20,21). The van der Waals surface area contributed by atoms with E-state index in [-0.39, 0.29) is 17.7 Å². The zero-order chi connectivity index (χ0) is 15.2. The number of benzene rings is 1. The fraction of sp³-hybridized carbons (Fsp3) is 0.400. The largest absolute Gasteiger partial charge is 0.322 e. The molecule has 2 heterocycles. The first-order valence-electron chi connectivity index (χ1n) is 7.00. The summed E-state index contributed by atoms with van der Waals surface area (Å²) in [5.74, 6) is -0.460. The zero-order valence-corrected chi connectivity index (χ0v) is 12.0. The number of urea groups is 1. The molecule has 110 valence electrons. The van der Waals surface area contributed by atoms with Crippen LogP contribution >= 0.6 is 0 Å². The summed E-state index contributed by atoms with van der Waals surface area (Å²) >= 11 is 0. The molecule has 1 fully saturated rings. The van der Waals surface area contributed by atoms with Crippen LogP contribution in [0.15, 0.2) is 24.3 Å². The van der Waals surface area contributed by atoms with E-state index in [2.05, 4.69) is 10.6 Å². The summed E-state index contributed by atoms with van der Waals surface area (Å²) in [5.41, 5.74) is 0.315. The number of imide groups is 1. The van der Waals surface area contributed by atoms with Crippen molar-refractivity contribution in [2.75, 3.05) is 11.4 Å². The van der Waals surface area contributed by atoms with E-state index in [1.807, 2.05) is 32.0 Å². The van der Waals surface area contributed by atoms with Crippen LogP contribution in [-0.2, 0) is 15.1 Å². The van der Waals surface area contributed by atoms with Gasteiger partial charge in [-0.2, -0.15) is 0 Å². The Labute approximate surface area is 122 Å². The minimum atomic E-state index is -1.05. The van der Waals surface area contributed by atoms with Gasteiger partial charge in [0.25, 0.3) is 5.91 Å². The molecule has 6 heteroatoms. The molecule has 3 rings (SSSR count). The molecule has 1 saturated heterocycles. The number of carbonyl (C=O) groups is 3. The Balaban J connectivity index is 2.10. The Morgan fingerprint density at radius 2 is 2.00 bits per heavy atom. The third kappa shape index (κ3) is 1.90. The van der Waals surface area contributed by atoms with E-state index >= 15 is 0 Å². The van der Waals surface area contributed by atoms with Gasteiger partial charge in [0, 0.05) is 30.1 Å². The van der Waals surface area contributed by atoms with Crippen LogP contribution < -0.4 is 15.5 Å². The molecular formula is C15H17N3O3. The molecule has 0 aromatic heterocycles. The number of carbonyl (C=O) groups excluding carboxylic acids is 3. The number of anilines is 1. The Hall–Kier alpha value is -2.37. The second-order valence-corrected chi connectivity index (χ2v) is 5.73. The van der Waals surface area contributed by atoms with Crippen molar-refractivity contribution < 1.29 is 14.4 Å². The van der Waals surface area contributed by atoms with E-state index in [4.69, 9.17) is 0 Å². The summed E-state index contributed by atoms with van der Waals surface area (Å²) in [6.45, 7) is 4.10. The fourth-order valence-corrected chi connectivity index (χ4v) is 3.00. The van der Waals surface area contributed by atoms with E-state index in [9.17, 15) is 14.4 Å². The van der Waals surface area contributed by atoms with Gasteiger partial charge in [-0.1, -0.05) is 32.0 Å². The molecule has 2 aliphatic heterocycles. The van der Waals surface area contributed by atoms with Crippen molar-refractivity contribution >= 4 is 23.5 Å². The number of hydrogen-bond acceptors (Lipinski definition) is 3. The van der Waals surface area contributed by atoms with Crippen LogP contribution in [0.25, 0.3) is 0 Å². The number of amides is 4. The van der Waals surface area contributed by atoms with Crippen LogP contribution in [0.5, 0.6) is 0 Å². The van der Waals surface area contributed by atoms with Crippen LogP contribution in [0, 0.1) is 5.92 Å².